The van der Waals surface area contributed by atoms with Gasteiger partial charge < -0.3 is 5.11 Å². The molecule has 1 aromatic heterocycles. The van der Waals surface area contributed by atoms with Gasteiger partial charge in [-0.15, -0.1) is 0 Å². The summed E-state index contributed by atoms with van der Waals surface area (Å²) in [5.74, 6) is 0.793. The molecule has 1 N–H and O–H groups in total. The normalized spacial score (nSPS) is 15.6. The molecule has 3 nitrogen and oxygen atoms in total. The van der Waals surface area contributed by atoms with Gasteiger partial charge in [-0.2, -0.15) is 0 Å². The molecule has 1 rings (SSSR count). The molecule has 0 fully saturated rings. The van der Waals surface area contributed by atoms with E-state index in [1.54, 1.807) is 25.4 Å². The average molecular weight is 166 g/mol. The second-order valence-corrected chi connectivity index (χ2v) is 2.86. The van der Waals surface area contributed by atoms with E-state index in [0.29, 0.717) is 0 Å². The van der Waals surface area contributed by atoms with Crippen molar-refractivity contribution in [3.05, 3.63) is 24.3 Å². The standard InChI is InChI=1S/C9H14N2O/c1-3-8(7(2)12)9-10-5-4-6-11-9/h4-8,12H,3H2,1-2H3. The number of hydrogen-bond donors (Lipinski definition) is 1. The Balaban J connectivity index is 2.80. The number of hydrogen-bond acceptors (Lipinski definition) is 3. The Labute approximate surface area is 72.5 Å². The van der Waals surface area contributed by atoms with Gasteiger partial charge in [0.1, 0.15) is 5.82 Å². The van der Waals surface area contributed by atoms with Crippen LogP contribution in [0.4, 0.5) is 0 Å². The van der Waals surface area contributed by atoms with Crippen LogP contribution in [0.5, 0.6) is 0 Å². The minimum absolute atomic E-state index is 0.0613. The van der Waals surface area contributed by atoms with E-state index in [0.717, 1.165) is 12.2 Å². The van der Waals surface area contributed by atoms with Crippen LogP contribution in [0, 0.1) is 0 Å². The molecule has 0 aliphatic heterocycles. The molecule has 0 bridgehead atoms. The summed E-state index contributed by atoms with van der Waals surface area (Å²) >= 11 is 0. The lowest BCUT2D eigenvalue weighted by Gasteiger charge is -2.15. The van der Waals surface area contributed by atoms with Crippen molar-refractivity contribution in [2.45, 2.75) is 32.3 Å². The molecule has 2 atom stereocenters. The molecule has 0 saturated heterocycles. The van der Waals surface area contributed by atoms with Crippen molar-refractivity contribution in [3.8, 4) is 0 Å². The van der Waals surface area contributed by atoms with Crippen molar-refractivity contribution in [1.82, 2.24) is 9.97 Å². The second-order valence-electron chi connectivity index (χ2n) is 2.86. The number of rotatable bonds is 3. The monoisotopic (exact) mass is 166 g/mol. The van der Waals surface area contributed by atoms with Gasteiger partial charge in [0.05, 0.1) is 6.10 Å². The maximum absolute atomic E-state index is 9.39. The highest BCUT2D eigenvalue weighted by atomic mass is 16.3. The highest BCUT2D eigenvalue weighted by Gasteiger charge is 2.16. The Morgan fingerprint density at radius 1 is 1.42 bits per heavy atom. The Morgan fingerprint density at radius 2 is 2.00 bits per heavy atom. The fourth-order valence-corrected chi connectivity index (χ4v) is 1.24. The molecule has 0 aromatic carbocycles. The fourth-order valence-electron chi connectivity index (χ4n) is 1.24. The maximum atomic E-state index is 9.39. The lowest BCUT2D eigenvalue weighted by Crippen LogP contribution is -2.16. The summed E-state index contributed by atoms with van der Waals surface area (Å²) in [6.45, 7) is 3.79. The number of aromatic nitrogens is 2. The quantitative estimate of drug-likeness (QED) is 0.737. The summed E-state index contributed by atoms with van der Waals surface area (Å²) in [5.41, 5.74) is 0. The number of aliphatic hydroxyl groups is 1. The van der Waals surface area contributed by atoms with Gasteiger partial charge in [-0.1, -0.05) is 6.92 Å². The smallest absolute Gasteiger partial charge is 0.133 e. The van der Waals surface area contributed by atoms with Crippen LogP contribution in [0.25, 0.3) is 0 Å². The topological polar surface area (TPSA) is 46.0 Å². The van der Waals surface area contributed by atoms with E-state index in [-0.39, 0.29) is 12.0 Å². The Kier molecular flexibility index (Phi) is 3.17. The summed E-state index contributed by atoms with van der Waals surface area (Å²) in [5, 5.41) is 9.39. The SMILES string of the molecule is CCC(c1ncccn1)C(C)O. The van der Waals surface area contributed by atoms with Gasteiger partial charge in [0, 0.05) is 18.3 Å². The van der Waals surface area contributed by atoms with Gasteiger partial charge in [0.25, 0.3) is 0 Å². The molecule has 3 heteroatoms. The van der Waals surface area contributed by atoms with Crippen molar-refractivity contribution < 1.29 is 5.11 Å². The Hall–Kier alpha value is -0.960. The first-order valence-corrected chi connectivity index (χ1v) is 4.20. The maximum Gasteiger partial charge on any atom is 0.133 e. The summed E-state index contributed by atoms with van der Waals surface area (Å²) in [4.78, 5) is 8.20. The van der Waals surface area contributed by atoms with Gasteiger partial charge >= 0.3 is 0 Å². The first kappa shape index (κ1) is 9.13. The van der Waals surface area contributed by atoms with Gasteiger partial charge in [-0.3, -0.25) is 0 Å². The van der Waals surface area contributed by atoms with Gasteiger partial charge in [0.15, 0.2) is 0 Å². The molecule has 66 valence electrons. The number of nitrogens with zero attached hydrogens (tertiary/aromatic N) is 2. The lowest BCUT2D eigenvalue weighted by molar-refractivity contribution is 0.156. The highest BCUT2D eigenvalue weighted by molar-refractivity contribution is 4.98. The zero-order chi connectivity index (χ0) is 8.97. The molecule has 0 aliphatic rings. The van der Waals surface area contributed by atoms with Crippen molar-refractivity contribution in [2.24, 2.45) is 0 Å². The third kappa shape index (κ3) is 2.01. The number of aliphatic hydroxyl groups excluding tert-OH is 1. The molecule has 1 aromatic rings. The average Bonchev–Trinajstić information content (AvgIpc) is 2.07. The summed E-state index contributed by atoms with van der Waals surface area (Å²) in [6, 6.07) is 1.78. The summed E-state index contributed by atoms with van der Waals surface area (Å²) in [6.07, 6.45) is 3.89. The van der Waals surface area contributed by atoms with E-state index in [9.17, 15) is 5.11 Å². The van der Waals surface area contributed by atoms with E-state index in [4.69, 9.17) is 0 Å². The first-order valence-electron chi connectivity index (χ1n) is 4.20. The Morgan fingerprint density at radius 3 is 2.42 bits per heavy atom. The molecule has 1 heterocycles. The zero-order valence-electron chi connectivity index (χ0n) is 7.44. The van der Waals surface area contributed by atoms with Crippen LogP contribution < -0.4 is 0 Å². The lowest BCUT2D eigenvalue weighted by atomic mass is 10.00. The molecule has 2 unspecified atom stereocenters. The van der Waals surface area contributed by atoms with Crippen molar-refractivity contribution in [3.63, 3.8) is 0 Å². The van der Waals surface area contributed by atoms with Crippen molar-refractivity contribution >= 4 is 0 Å². The van der Waals surface area contributed by atoms with Crippen LogP contribution in [0.1, 0.15) is 32.0 Å². The summed E-state index contributed by atoms with van der Waals surface area (Å²) in [7, 11) is 0. The molecule has 0 radical (unpaired) electrons. The van der Waals surface area contributed by atoms with E-state index in [1.165, 1.54) is 0 Å². The predicted molar refractivity (Wildman–Crippen MR) is 46.7 cm³/mol. The van der Waals surface area contributed by atoms with Crippen molar-refractivity contribution in [1.29, 1.82) is 0 Å². The van der Waals surface area contributed by atoms with E-state index < -0.39 is 0 Å². The Bertz CT molecular complexity index is 223. The van der Waals surface area contributed by atoms with Crippen LogP contribution in [0.15, 0.2) is 18.5 Å². The van der Waals surface area contributed by atoms with E-state index >= 15 is 0 Å². The molecule has 12 heavy (non-hydrogen) atoms. The minimum Gasteiger partial charge on any atom is -0.393 e. The molecule has 0 amide bonds. The van der Waals surface area contributed by atoms with Crippen LogP contribution in [-0.4, -0.2) is 21.2 Å². The third-order valence-electron chi connectivity index (χ3n) is 1.94. The molecular formula is C9H14N2O. The van der Waals surface area contributed by atoms with Gasteiger partial charge in [0.2, 0.25) is 0 Å². The third-order valence-corrected chi connectivity index (χ3v) is 1.94. The van der Waals surface area contributed by atoms with Crippen LogP contribution in [-0.2, 0) is 0 Å². The predicted octanol–water partition coefficient (Wildman–Crippen LogP) is 1.35. The van der Waals surface area contributed by atoms with Crippen molar-refractivity contribution in [2.75, 3.05) is 0 Å². The van der Waals surface area contributed by atoms with Crippen LogP contribution >= 0.6 is 0 Å². The molecule has 0 spiro atoms. The van der Waals surface area contributed by atoms with Crippen LogP contribution in [0.3, 0.4) is 0 Å². The highest BCUT2D eigenvalue weighted by Crippen LogP contribution is 2.18. The van der Waals surface area contributed by atoms with Crippen LogP contribution in [0.2, 0.25) is 0 Å². The first-order chi connectivity index (χ1) is 5.75. The van der Waals surface area contributed by atoms with E-state index in [2.05, 4.69) is 9.97 Å². The zero-order valence-corrected chi connectivity index (χ0v) is 7.44. The molecule has 0 aliphatic carbocycles. The van der Waals surface area contributed by atoms with Gasteiger partial charge in [-0.25, -0.2) is 9.97 Å². The van der Waals surface area contributed by atoms with Gasteiger partial charge in [-0.05, 0) is 19.4 Å². The summed E-state index contributed by atoms with van der Waals surface area (Å²) < 4.78 is 0. The minimum atomic E-state index is -0.377. The fraction of sp³-hybridized carbons (Fsp3) is 0.556. The second kappa shape index (κ2) is 4.16. The van der Waals surface area contributed by atoms with E-state index in [1.807, 2.05) is 6.92 Å². The molecular weight excluding hydrogens is 152 g/mol. The largest absolute Gasteiger partial charge is 0.393 e. The molecule has 0 saturated carbocycles.